The Balaban J connectivity index is 1.12. The molecule has 2 aliphatic rings. The largest absolute Gasteiger partial charge is 0.370 e. The van der Waals surface area contributed by atoms with Crippen LogP contribution < -0.4 is 31.9 Å². The zero-order chi connectivity index (χ0) is 26.2. The SMILES string of the molecule is O=C(Nc1ccc(C2=NCCCN2)cc1)Nc1cccc(NC(=O)Nc2ccc(C3=NCCCN3)cc2)c1. The smallest absolute Gasteiger partial charge is 0.323 e. The highest BCUT2D eigenvalue weighted by Gasteiger charge is 2.10. The van der Waals surface area contributed by atoms with Crippen molar-refractivity contribution in [2.45, 2.75) is 12.8 Å². The Morgan fingerprint density at radius 2 is 1.00 bits per heavy atom. The molecule has 0 unspecified atom stereocenters. The van der Waals surface area contributed by atoms with E-state index in [9.17, 15) is 9.59 Å². The minimum atomic E-state index is -0.385. The van der Waals surface area contributed by atoms with Gasteiger partial charge in [-0.3, -0.25) is 9.98 Å². The number of nitrogens with zero attached hydrogens (tertiary/aromatic N) is 2. The average molecular weight is 511 g/mol. The molecular formula is C28H30N8O2. The third-order valence-corrected chi connectivity index (χ3v) is 6.01. The lowest BCUT2D eigenvalue weighted by atomic mass is 10.1. The van der Waals surface area contributed by atoms with Crippen LogP contribution >= 0.6 is 0 Å². The van der Waals surface area contributed by atoms with Gasteiger partial charge in [-0.1, -0.05) is 6.07 Å². The number of benzene rings is 3. The van der Waals surface area contributed by atoms with E-state index in [1.54, 1.807) is 24.3 Å². The summed E-state index contributed by atoms with van der Waals surface area (Å²) in [6.07, 6.45) is 2.07. The zero-order valence-corrected chi connectivity index (χ0v) is 20.9. The Morgan fingerprint density at radius 1 is 0.579 bits per heavy atom. The van der Waals surface area contributed by atoms with Crippen LogP contribution in [0.5, 0.6) is 0 Å². The minimum absolute atomic E-state index is 0.385. The summed E-state index contributed by atoms with van der Waals surface area (Å²) in [7, 11) is 0. The third-order valence-electron chi connectivity index (χ3n) is 6.01. The summed E-state index contributed by atoms with van der Waals surface area (Å²) < 4.78 is 0. The lowest BCUT2D eigenvalue weighted by Crippen LogP contribution is -2.30. The number of rotatable bonds is 6. The minimum Gasteiger partial charge on any atom is -0.370 e. The van der Waals surface area contributed by atoms with Crippen LogP contribution in [0.15, 0.2) is 82.8 Å². The van der Waals surface area contributed by atoms with E-state index in [1.165, 1.54) is 0 Å². The van der Waals surface area contributed by atoms with E-state index in [-0.39, 0.29) is 12.1 Å². The third kappa shape index (κ3) is 6.67. The van der Waals surface area contributed by atoms with Gasteiger partial charge in [-0.2, -0.15) is 0 Å². The second kappa shape index (κ2) is 11.9. The molecule has 0 atom stereocenters. The highest BCUT2D eigenvalue weighted by atomic mass is 16.2. The summed E-state index contributed by atoms with van der Waals surface area (Å²) in [5.41, 5.74) is 4.38. The molecule has 0 radical (unpaired) electrons. The van der Waals surface area contributed by atoms with E-state index in [1.807, 2.05) is 48.5 Å². The van der Waals surface area contributed by atoms with Crippen LogP contribution in [-0.2, 0) is 0 Å². The Labute approximate surface area is 221 Å². The molecule has 0 saturated heterocycles. The molecular weight excluding hydrogens is 480 g/mol. The fourth-order valence-electron chi connectivity index (χ4n) is 4.14. The van der Waals surface area contributed by atoms with E-state index < -0.39 is 0 Å². The quantitative estimate of drug-likeness (QED) is 0.292. The molecule has 0 aliphatic carbocycles. The van der Waals surface area contributed by atoms with Crippen molar-refractivity contribution in [1.82, 2.24) is 10.6 Å². The molecule has 0 aromatic heterocycles. The van der Waals surface area contributed by atoms with Gasteiger partial charge >= 0.3 is 12.1 Å². The van der Waals surface area contributed by atoms with Crippen molar-refractivity contribution in [3.8, 4) is 0 Å². The van der Waals surface area contributed by atoms with Crippen LogP contribution in [0.1, 0.15) is 24.0 Å². The number of amides is 4. The van der Waals surface area contributed by atoms with Crippen molar-refractivity contribution in [2.24, 2.45) is 9.98 Å². The number of nitrogens with one attached hydrogen (secondary N) is 6. The molecule has 0 spiro atoms. The predicted molar refractivity (Wildman–Crippen MR) is 153 cm³/mol. The monoisotopic (exact) mass is 510 g/mol. The summed E-state index contributed by atoms with van der Waals surface area (Å²) >= 11 is 0. The first-order valence-corrected chi connectivity index (χ1v) is 12.7. The average Bonchev–Trinajstić information content (AvgIpc) is 2.95. The molecule has 194 valence electrons. The van der Waals surface area contributed by atoms with E-state index in [0.717, 1.165) is 61.8 Å². The summed E-state index contributed by atoms with van der Waals surface area (Å²) in [5.74, 6) is 1.76. The second-order valence-electron chi connectivity index (χ2n) is 8.92. The molecule has 0 bridgehead atoms. The molecule has 4 amide bonds. The maximum Gasteiger partial charge on any atom is 0.323 e. The standard InChI is InChI=1S/C28H30N8O2/c37-27(33-21-10-6-19(7-11-21)25-29-14-2-15-30-25)35-23-4-1-5-24(18-23)36-28(38)34-22-12-8-20(9-13-22)26-31-16-3-17-32-26/h1,4-13,18H,2-3,14-17H2,(H,29,30)(H,31,32)(H2,33,35,37)(H2,34,36,38). The normalized spacial score (nSPS) is 14.6. The van der Waals surface area contributed by atoms with E-state index >= 15 is 0 Å². The highest BCUT2D eigenvalue weighted by Crippen LogP contribution is 2.18. The summed E-state index contributed by atoms with van der Waals surface area (Å²) in [4.78, 5) is 34.0. The number of urea groups is 2. The molecule has 38 heavy (non-hydrogen) atoms. The van der Waals surface area contributed by atoms with Crippen molar-refractivity contribution >= 4 is 46.5 Å². The van der Waals surface area contributed by atoms with Crippen LogP contribution in [0, 0.1) is 0 Å². The first kappa shape index (κ1) is 24.8. The first-order chi connectivity index (χ1) is 18.6. The Kier molecular flexibility index (Phi) is 7.78. The number of anilines is 4. The molecule has 3 aromatic rings. The van der Waals surface area contributed by atoms with E-state index in [2.05, 4.69) is 41.9 Å². The van der Waals surface area contributed by atoms with Crippen molar-refractivity contribution in [1.29, 1.82) is 0 Å². The maximum absolute atomic E-state index is 12.5. The number of aliphatic imine (C=N–C) groups is 2. The van der Waals surface area contributed by atoms with Gasteiger partial charge in [0.25, 0.3) is 0 Å². The molecule has 0 fully saturated rings. The molecule has 6 N–H and O–H groups in total. The molecule has 5 rings (SSSR count). The topological polar surface area (TPSA) is 131 Å². The van der Waals surface area contributed by atoms with Gasteiger partial charge in [0.2, 0.25) is 0 Å². The van der Waals surface area contributed by atoms with Crippen LogP contribution in [0.3, 0.4) is 0 Å². The van der Waals surface area contributed by atoms with Gasteiger partial charge in [-0.25, -0.2) is 9.59 Å². The molecule has 2 heterocycles. The second-order valence-corrected chi connectivity index (χ2v) is 8.92. The number of carbonyl (C=O) groups excluding carboxylic acids is 2. The Hall–Kier alpha value is -4.86. The van der Waals surface area contributed by atoms with E-state index in [4.69, 9.17) is 0 Å². The van der Waals surface area contributed by atoms with Gasteiger partial charge in [-0.05, 0) is 79.6 Å². The lowest BCUT2D eigenvalue weighted by molar-refractivity contribution is 0.261. The van der Waals surface area contributed by atoms with Gasteiger partial charge in [0.05, 0.1) is 0 Å². The van der Waals surface area contributed by atoms with Crippen LogP contribution in [-0.4, -0.2) is 49.9 Å². The van der Waals surface area contributed by atoms with Gasteiger partial charge < -0.3 is 31.9 Å². The fraction of sp³-hybridized carbons (Fsp3) is 0.214. The number of hydrogen-bond acceptors (Lipinski definition) is 6. The fourth-order valence-corrected chi connectivity index (χ4v) is 4.14. The van der Waals surface area contributed by atoms with Crippen LogP contribution in [0.4, 0.5) is 32.3 Å². The van der Waals surface area contributed by atoms with Crippen molar-refractivity contribution in [3.63, 3.8) is 0 Å². The summed E-state index contributed by atoms with van der Waals surface area (Å²) in [6, 6.07) is 21.2. The summed E-state index contributed by atoms with van der Waals surface area (Å²) in [5, 5.41) is 17.8. The number of carbonyl (C=O) groups is 2. The molecule has 0 saturated carbocycles. The van der Waals surface area contributed by atoms with Crippen molar-refractivity contribution in [2.75, 3.05) is 47.4 Å². The van der Waals surface area contributed by atoms with Gasteiger partial charge in [0, 0.05) is 60.1 Å². The lowest BCUT2D eigenvalue weighted by Gasteiger charge is -2.15. The van der Waals surface area contributed by atoms with Crippen LogP contribution in [0.25, 0.3) is 0 Å². The molecule has 2 aliphatic heterocycles. The Morgan fingerprint density at radius 3 is 1.39 bits per heavy atom. The van der Waals surface area contributed by atoms with Crippen LogP contribution in [0.2, 0.25) is 0 Å². The zero-order valence-electron chi connectivity index (χ0n) is 20.9. The Bertz CT molecular complexity index is 1250. The highest BCUT2D eigenvalue weighted by molar-refractivity contribution is 6.04. The molecule has 10 heteroatoms. The van der Waals surface area contributed by atoms with Crippen molar-refractivity contribution in [3.05, 3.63) is 83.9 Å². The van der Waals surface area contributed by atoms with Gasteiger partial charge in [-0.15, -0.1) is 0 Å². The first-order valence-electron chi connectivity index (χ1n) is 12.7. The number of amidine groups is 2. The van der Waals surface area contributed by atoms with Crippen molar-refractivity contribution < 1.29 is 9.59 Å². The predicted octanol–water partition coefficient (Wildman–Crippen LogP) is 4.45. The molecule has 3 aromatic carbocycles. The van der Waals surface area contributed by atoms with E-state index in [0.29, 0.717) is 22.7 Å². The molecule has 10 nitrogen and oxygen atoms in total. The number of hydrogen-bond donors (Lipinski definition) is 6. The maximum atomic E-state index is 12.5. The van der Waals surface area contributed by atoms with Gasteiger partial charge in [0.15, 0.2) is 0 Å². The summed E-state index contributed by atoms with van der Waals surface area (Å²) in [6.45, 7) is 3.47. The van der Waals surface area contributed by atoms with Gasteiger partial charge in [0.1, 0.15) is 11.7 Å².